The molecule has 0 saturated carbocycles. The Labute approximate surface area is 151 Å². The summed E-state index contributed by atoms with van der Waals surface area (Å²) in [5, 5.41) is 5.98. The molecule has 5 heteroatoms. The zero-order valence-electron chi connectivity index (χ0n) is 14.7. The van der Waals surface area contributed by atoms with Gasteiger partial charge < -0.3 is 15.6 Å². The molecule has 2 aromatic carbocycles. The van der Waals surface area contributed by atoms with Crippen LogP contribution in [0.1, 0.15) is 28.0 Å². The number of quaternary nitrogens is 1. The highest BCUT2D eigenvalue weighted by molar-refractivity contribution is 6.06. The SMILES string of the molecule is Cc1ccc(NC(=O)C[C@@H]2[NH2+]CCc3c([nH]c4ccccc34)C2=O)cc1. The first kappa shape index (κ1) is 16.5. The van der Waals surface area contributed by atoms with Gasteiger partial charge in [0.1, 0.15) is 0 Å². The second-order valence-corrected chi connectivity index (χ2v) is 6.89. The van der Waals surface area contributed by atoms with Crippen molar-refractivity contribution in [2.45, 2.75) is 25.8 Å². The third-order valence-corrected chi connectivity index (χ3v) is 4.98. The topological polar surface area (TPSA) is 78.6 Å². The van der Waals surface area contributed by atoms with Crippen molar-refractivity contribution in [3.05, 3.63) is 65.4 Å². The Morgan fingerprint density at radius 3 is 2.77 bits per heavy atom. The molecule has 26 heavy (non-hydrogen) atoms. The summed E-state index contributed by atoms with van der Waals surface area (Å²) in [6.07, 6.45) is 0.989. The lowest BCUT2D eigenvalue weighted by atomic mass is 10.0. The van der Waals surface area contributed by atoms with Crippen LogP contribution in [0.4, 0.5) is 5.69 Å². The van der Waals surface area contributed by atoms with E-state index in [1.54, 1.807) is 0 Å². The van der Waals surface area contributed by atoms with Gasteiger partial charge in [0, 0.05) is 23.0 Å². The Bertz CT molecular complexity index is 973. The standard InChI is InChI=1S/C21H21N3O2/c1-13-6-8-14(9-7-13)23-19(25)12-18-21(26)20-16(10-11-22-18)15-4-2-3-5-17(15)24-20/h2-9,18,22,24H,10-12H2,1H3,(H,23,25)/p+1/t18-/m0/s1. The second-order valence-electron chi connectivity index (χ2n) is 6.89. The maximum Gasteiger partial charge on any atom is 0.236 e. The van der Waals surface area contributed by atoms with Crippen molar-refractivity contribution in [1.82, 2.24) is 4.98 Å². The van der Waals surface area contributed by atoms with Crippen LogP contribution in [0.5, 0.6) is 0 Å². The number of fused-ring (bicyclic) bond motifs is 3. The summed E-state index contributed by atoms with van der Waals surface area (Å²) in [5.41, 5.74) is 4.61. The van der Waals surface area contributed by atoms with Crippen molar-refractivity contribution in [1.29, 1.82) is 0 Å². The number of benzene rings is 2. The summed E-state index contributed by atoms with van der Waals surface area (Å²) in [6, 6.07) is 15.2. The number of carbonyl (C=O) groups is 2. The second kappa shape index (κ2) is 6.77. The van der Waals surface area contributed by atoms with Gasteiger partial charge in [0.25, 0.3) is 0 Å². The number of Topliss-reactive ketones (excluding diaryl/α,β-unsaturated/α-hetero) is 1. The van der Waals surface area contributed by atoms with Crippen LogP contribution in [0.2, 0.25) is 0 Å². The highest BCUT2D eigenvalue weighted by atomic mass is 16.2. The van der Waals surface area contributed by atoms with Crippen molar-refractivity contribution >= 4 is 28.3 Å². The molecule has 3 aromatic rings. The number of aromatic amines is 1. The molecule has 0 bridgehead atoms. The van der Waals surface area contributed by atoms with Gasteiger partial charge in [0.15, 0.2) is 6.04 Å². The van der Waals surface area contributed by atoms with E-state index in [1.807, 2.05) is 60.8 Å². The molecule has 5 nitrogen and oxygen atoms in total. The molecule has 1 atom stereocenters. The molecule has 0 spiro atoms. The third kappa shape index (κ3) is 3.13. The Balaban J connectivity index is 1.53. The first-order chi connectivity index (χ1) is 12.6. The monoisotopic (exact) mass is 348 g/mol. The molecular formula is C21H22N3O2+. The summed E-state index contributed by atoms with van der Waals surface area (Å²) in [6.45, 7) is 2.80. The number of aryl methyl sites for hydroxylation is 1. The number of H-pyrrole nitrogens is 1. The summed E-state index contributed by atoms with van der Waals surface area (Å²) < 4.78 is 0. The number of anilines is 1. The van der Waals surface area contributed by atoms with Gasteiger partial charge in [-0.3, -0.25) is 9.59 Å². The Hall–Kier alpha value is -2.92. The van der Waals surface area contributed by atoms with E-state index in [4.69, 9.17) is 0 Å². The Kier molecular flexibility index (Phi) is 4.31. The van der Waals surface area contributed by atoms with Gasteiger partial charge in [-0.1, -0.05) is 35.9 Å². The van der Waals surface area contributed by atoms with Gasteiger partial charge in [0.2, 0.25) is 11.7 Å². The maximum absolute atomic E-state index is 13.0. The van der Waals surface area contributed by atoms with E-state index >= 15 is 0 Å². The smallest absolute Gasteiger partial charge is 0.236 e. The number of aromatic nitrogens is 1. The fourth-order valence-electron chi connectivity index (χ4n) is 3.62. The van der Waals surface area contributed by atoms with Gasteiger partial charge in [-0.25, -0.2) is 0 Å². The molecule has 1 aliphatic rings. The van der Waals surface area contributed by atoms with Crippen LogP contribution in [-0.2, 0) is 11.2 Å². The maximum atomic E-state index is 13.0. The molecule has 4 N–H and O–H groups in total. The number of rotatable bonds is 3. The number of para-hydroxylation sites is 1. The molecule has 0 fully saturated rings. The van der Waals surface area contributed by atoms with E-state index in [0.29, 0.717) is 5.69 Å². The first-order valence-electron chi connectivity index (χ1n) is 8.95. The zero-order valence-corrected chi connectivity index (χ0v) is 14.7. The number of hydrogen-bond donors (Lipinski definition) is 3. The van der Waals surface area contributed by atoms with Crippen LogP contribution in [0, 0.1) is 6.92 Å². The molecule has 1 aliphatic heterocycles. The van der Waals surface area contributed by atoms with Crippen molar-refractivity contribution in [2.24, 2.45) is 0 Å². The predicted molar refractivity (Wildman–Crippen MR) is 101 cm³/mol. The van der Waals surface area contributed by atoms with E-state index in [2.05, 4.69) is 10.3 Å². The van der Waals surface area contributed by atoms with Crippen LogP contribution in [0.3, 0.4) is 0 Å². The third-order valence-electron chi connectivity index (χ3n) is 4.98. The van der Waals surface area contributed by atoms with Crippen molar-refractivity contribution in [3.8, 4) is 0 Å². The van der Waals surface area contributed by atoms with Crippen molar-refractivity contribution in [3.63, 3.8) is 0 Å². The number of carbonyl (C=O) groups excluding carboxylic acids is 2. The molecule has 2 heterocycles. The molecule has 1 amide bonds. The molecule has 0 radical (unpaired) electrons. The molecule has 0 aliphatic carbocycles. The lowest BCUT2D eigenvalue weighted by Crippen LogP contribution is -2.92. The number of ketones is 1. The van der Waals surface area contributed by atoms with Crippen LogP contribution >= 0.6 is 0 Å². The van der Waals surface area contributed by atoms with E-state index in [9.17, 15) is 9.59 Å². The number of nitrogens with two attached hydrogens (primary N) is 1. The Morgan fingerprint density at radius 1 is 1.19 bits per heavy atom. The molecule has 132 valence electrons. The van der Waals surface area contributed by atoms with Crippen LogP contribution < -0.4 is 10.6 Å². The fourth-order valence-corrected chi connectivity index (χ4v) is 3.62. The number of amides is 1. The van der Waals surface area contributed by atoms with Gasteiger partial charge in [-0.2, -0.15) is 0 Å². The summed E-state index contributed by atoms with van der Waals surface area (Å²) in [5.74, 6) is -0.129. The molecule has 4 rings (SSSR count). The molecule has 0 unspecified atom stereocenters. The minimum Gasteiger partial charge on any atom is -0.352 e. The molecule has 1 aromatic heterocycles. The van der Waals surface area contributed by atoms with Gasteiger partial charge in [0.05, 0.1) is 18.7 Å². The van der Waals surface area contributed by atoms with E-state index in [0.717, 1.165) is 40.7 Å². The number of hydrogen-bond acceptors (Lipinski definition) is 2. The van der Waals surface area contributed by atoms with Gasteiger partial charge >= 0.3 is 0 Å². The first-order valence-corrected chi connectivity index (χ1v) is 8.95. The minimum atomic E-state index is -0.394. The fraction of sp³-hybridized carbons (Fsp3) is 0.238. The average molecular weight is 348 g/mol. The van der Waals surface area contributed by atoms with E-state index in [-0.39, 0.29) is 18.1 Å². The lowest BCUT2D eigenvalue weighted by Gasteiger charge is -2.12. The number of nitrogens with one attached hydrogen (secondary N) is 2. The average Bonchev–Trinajstić information content (AvgIpc) is 2.94. The largest absolute Gasteiger partial charge is 0.352 e. The molecular weight excluding hydrogens is 326 g/mol. The van der Waals surface area contributed by atoms with Crippen molar-refractivity contribution in [2.75, 3.05) is 11.9 Å². The minimum absolute atomic E-state index is 0.00718. The van der Waals surface area contributed by atoms with E-state index in [1.165, 1.54) is 0 Å². The van der Waals surface area contributed by atoms with Crippen molar-refractivity contribution < 1.29 is 14.9 Å². The van der Waals surface area contributed by atoms with Crippen LogP contribution in [-0.4, -0.2) is 29.3 Å². The van der Waals surface area contributed by atoms with Gasteiger partial charge in [-0.15, -0.1) is 0 Å². The molecule has 0 saturated heterocycles. The zero-order chi connectivity index (χ0) is 18.1. The summed E-state index contributed by atoms with van der Waals surface area (Å²) >= 11 is 0. The summed E-state index contributed by atoms with van der Waals surface area (Å²) in [7, 11) is 0. The highest BCUT2D eigenvalue weighted by Crippen LogP contribution is 2.24. The Morgan fingerprint density at radius 2 is 1.96 bits per heavy atom. The van der Waals surface area contributed by atoms with Crippen LogP contribution in [0.15, 0.2) is 48.5 Å². The van der Waals surface area contributed by atoms with E-state index < -0.39 is 6.04 Å². The van der Waals surface area contributed by atoms with Gasteiger partial charge in [-0.05, 0) is 30.7 Å². The summed E-state index contributed by atoms with van der Waals surface area (Å²) in [4.78, 5) is 28.7. The van der Waals surface area contributed by atoms with Crippen LogP contribution in [0.25, 0.3) is 10.9 Å². The normalized spacial score (nSPS) is 17.0. The quantitative estimate of drug-likeness (QED) is 0.678. The lowest BCUT2D eigenvalue weighted by molar-refractivity contribution is -0.673. The highest BCUT2D eigenvalue weighted by Gasteiger charge is 2.32. The predicted octanol–water partition coefficient (Wildman–Crippen LogP) is 2.18.